The zero-order chi connectivity index (χ0) is 16.9. The van der Waals surface area contributed by atoms with E-state index in [9.17, 15) is 9.18 Å². The topological polar surface area (TPSA) is 44.9 Å². The maximum absolute atomic E-state index is 13.6. The molecule has 0 spiro atoms. The molecule has 3 aromatic rings. The molecule has 1 aromatic heterocycles. The normalized spacial score (nSPS) is 15.5. The Bertz CT molecular complexity index is 933. The molecule has 3 nitrogen and oxygen atoms in total. The van der Waals surface area contributed by atoms with Crippen LogP contribution in [0.5, 0.6) is 0 Å². The van der Waals surface area contributed by atoms with Gasteiger partial charge in [-0.25, -0.2) is 4.39 Å². The van der Waals surface area contributed by atoms with Crippen molar-refractivity contribution in [3.05, 3.63) is 65.1 Å². The van der Waals surface area contributed by atoms with E-state index in [0.717, 1.165) is 46.1 Å². The van der Waals surface area contributed by atoms with Crippen LogP contribution >= 0.6 is 0 Å². The van der Waals surface area contributed by atoms with Crippen LogP contribution in [0.15, 0.2) is 42.6 Å². The number of anilines is 1. The molecule has 4 rings (SSSR count). The molecule has 4 heteroatoms. The Morgan fingerprint density at radius 1 is 1.17 bits per heavy atom. The number of carbonyl (C=O) groups excluding carboxylic acids is 1. The lowest BCUT2D eigenvalue weighted by Crippen LogP contribution is -2.28. The number of H-pyrrole nitrogens is 1. The van der Waals surface area contributed by atoms with Crippen LogP contribution in [0.4, 0.5) is 10.1 Å². The minimum Gasteiger partial charge on any atom is -0.361 e. The molecule has 1 fully saturated rings. The first-order valence-electron chi connectivity index (χ1n) is 8.16. The lowest BCUT2D eigenvalue weighted by molar-refractivity contribution is -0.118. The van der Waals surface area contributed by atoms with Crippen LogP contribution in [-0.4, -0.2) is 10.9 Å². The van der Waals surface area contributed by atoms with Gasteiger partial charge in [0.2, 0.25) is 5.91 Å². The first-order chi connectivity index (χ1) is 11.5. The summed E-state index contributed by atoms with van der Waals surface area (Å²) in [6.45, 7) is 3.98. The molecule has 1 aliphatic carbocycles. The fraction of sp³-hybridized carbons (Fsp3) is 0.250. The van der Waals surface area contributed by atoms with Crippen molar-refractivity contribution in [3.63, 3.8) is 0 Å². The lowest BCUT2D eigenvalue weighted by Gasteiger charge is -2.17. The summed E-state index contributed by atoms with van der Waals surface area (Å²) in [5.41, 5.74) is 4.16. The Morgan fingerprint density at radius 2 is 1.88 bits per heavy atom. The van der Waals surface area contributed by atoms with Gasteiger partial charge in [0, 0.05) is 22.8 Å². The van der Waals surface area contributed by atoms with Crippen molar-refractivity contribution in [1.82, 2.24) is 4.98 Å². The molecule has 0 aliphatic heterocycles. The first-order valence-corrected chi connectivity index (χ1v) is 8.16. The van der Waals surface area contributed by atoms with Gasteiger partial charge in [-0.15, -0.1) is 0 Å². The van der Waals surface area contributed by atoms with E-state index >= 15 is 0 Å². The van der Waals surface area contributed by atoms with Gasteiger partial charge in [-0.05, 0) is 61.6 Å². The molecule has 24 heavy (non-hydrogen) atoms. The van der Waals surface area contributed by atoms with Gasteiger partial charge in [-0.3, -0.25) is 4.79 Å². The second kappa shape index (κ2) is 5.20. The largest absolute Gasteiger partial charge is 0.361 e. The smallest absolute Gasteiger partial charge is 0.235 e. The third-order valence-corrected chi connectivity index (χ3v) is 5.06. The zero-order valence-corrected chi connectivity index (χ0v) is 13.7. The van der Waals surface area contributed by atoms with E-state index in [0.29, 0.717) is 0 Å². The summed E-state index contributed by atoms with van der Waals surface area (Å²) in [6, 6.07) is 10.6. The highest BCUT2D eigenvalue weighted by molar-refractivity contribution is 6.05. The summed E-state index contributed by atoms with van der Waals surface area (Å²) in [6.07, 6.45) is 3.42. The van der Waals surface area contributed by atoms with Crippen LogP contribution in [0.2, 0.25) is 0 Å². The number of aryl methyl sites for hydroxylation is 2. The van der Waals surface area contributed by atoms with Crippen LogP contribution in [0.1, 0.15) is 29.5 Å². The van der Waals surface area contributed by atoms with Crippen molar-refractivity contribution in [3.8, 4) is 0 Å². The van der Waals surface area contributed by atoms with E-state index in [1.807, 2.05) is 38.2 Å². The Balaban J connectivity index is 1.72. The van der Waals surface area contributed by atoms with Gasteiger partial charge in [0.05, 0.1) is 5.41 Å². The summed E-state index contributed by atoms with van der Waals surface area (Å²) in [7, 11) is 0. The highest BCUT2D eigenvalue weighted by atomic mass is 19.1. The number of aromatic nitrogens is 1. The number of para-hydroxylation sites is 1. The summed E-state index contributed by atoms with van der Waals surface area (Å²) >= 11 is 0. The number of carbonyl (C=O) groups is 1. The van der Waals surface area contributed by atoms with Crippen LogP contribution in [0.3, 0.4) is 0 Å². The monoisotopic (exact) mass is 322 g/mol. The predicted molar refractivity (Wildman–Crippen MR) is 93.7 cm³/mol. The second-order valence-corrected chi connectivity index (χ2v) is 6.70. The molecule has 0 bridgehead atoms. The molecule has 2 aromatic carbocycles. The molecular formula is C20H19FN2O. The fourth-order valence-corrected chi connectivity index (χ4v) is 3.48. The SMILES string of the molecule is Cc1cccc(C)c1NC(=O)C1(c2c[nH]c3ccc(F)cc23)CC1. The number of aromatic amines is 1. The van der Waals surface area contributed by atoms with Gasteiger partial charge in [-0.2, -0.15) is 0 Å². The quantitative estimate of drug-likeness (QED) is 0.727. The molecule has 1 saturated carbocycles. The molecule has 0 radical (unpaired) electrons. The van der Waals surface area contributed by atoms with Crippen LogP contribution < -0.4 is 5.32 Å². The molecule has 2 N–H and O–H groups in total. The number of fused-ring (bicyclic) bond motifs is 1. The molecule has 1 amide bonds. The van der Waals surface area contributed by atoms with Crippen molar-refractivity contribution in [2.24, 2.45) is 0 Å². The van der Waals surface area contributed by atoms with Gasteiger partial charge in [0.15, 0.2) is 0 Å². The number of halogens is 1. The third kappa shape index (κ3) is 2.21. The van der Waals surface area contributed by atoms with Gasteiger partial charge < -0.3 is 10.3 Å². The van der Waals surface area contributed by atoms with E-state index < -0.39 is 5.41 Å². The summed E-state index contributed by atoms with van der Waals surface area (Å²) < 4.78 is 13.6. The second-order valence-electron chi connectivity index (χ2n) is 6.70. The van der Waals surface area contributed by atoms with Crippen molar-refractivity contribution in [2.75, 3.05) is 5.32 Å². The number of rotatable bonds is 3. The maximum atomic E-state index is 13.6. The molecule has 0 atom stereocenters. The number of hydrogen-bond donors (Lipinski definition) is 2. The van der Waals surface area contributed by atoms with Crippen molar-refractivity contribution in [2.45, 2.75) is 32.1 Å². The Kier molecular flexibility index (Phi) is 3.23. The minimum atomic E-state index is -0.555. The van der Waals surface area contributed by atoms with Crippen molar-refractivity contribution < 1.29 is 9.18 Å². The number of hydrogen-bond acceptors (Lipinski definition) is 1. The van der Waals surface area contributed by atoms with Crippen LogP contribution in [-0.2, 0) is 10.2 Å². The summed E-state index contributed by atoms with van der Waals surface area (Å²) in [4.78, 5) is 16.2. The third-order valence-electron chi connectivity index (χ3n) is 5.06. The van der Waals surface area contributed by atoms with Gasteiger partial charge in [0.1, 0.15) is 5.82 Å². The highest BCUT2D eigenvalue weighted by Crippen LogP contribution is 2.51. The fourth-order valence-electron chi connectivity index (χ4n) is 3.48. The molecule has 1 heterocycles. The van der Waals surface area contributed by atoms with E-state index in [1.54, 1.807) is 6.07 Å². The summed E-state index contributed by atoms with van der Waals surface area (Å²) in [5, 5.41) is 3.90. The minimum absolute atomic E-state index is 0.00920. The highest BCUT2D eigenvalue weighted by Gasteiger charge is 2.52. The number of benzene rings is 2. The van der Waals surface area contributed by atoms with Crippen LogP contribution in [0, 0.1) is 19.7 Å². The van der Waals surface area contributed by atoms with E-state index in [2.05, 4.69) is 10.3 Å². The first kappa shape index (κ1) is 14.9. The molecule has 0 saturated heterocycles. The number of nitrogens with one attached hydrogen (secondary N) is 2. The Morgan fingerprint density at radius 3 is 2.54 bits per heavy atom. The van der Waals surface area contributed by atoms with E-state index in [4.69, 9.17) is 0 Å². The predicted octanol–water partition coefficient (Wildman–Crippen LogP) is 4.59. The van der Waals surface area contributed by atoms with Gasteiger partial charge in [-0.1, -0.05) is 18.2 Å². The van der Waals surface area contributed by atoms with Gasteiger partial charge in [0.25, 0.3) is 0 Å². The van der Waals surface area contributed by atoms with Crippen LogP contribution in [0.25, 0.3) is 10.9 Å². The van der Waals surface area contributed by atoms with E-state index in [-0.39, 0.29) is 11.7 Å². The Hall–Kier alpha value is -2.62. The molecular weight excluding hydrogens is 303 g/mol. The molecule has 122 valence electrons. The Labute approximate surface area is 139 Å². The molecule has 1 aliphatic rings. The average molecular weight is 322 g/mol. The number of amides is 1. The van der Waals surface area contributed by atoms with Crippen molar-refractivity contribution >= 4 is 22.5 Å². The van der Waals surface area contributed by atoms with Gasteiger partial charge >= 0.3 is 0 Å². The zero-order valence-electron chi connectivity index (χ0n) is 13.7. The molecule has 0 unspecified atom stereocenters. The standard InChI is InChI=1S/C20H19FN2O/c1-12-4-3-5-13(2)18(12)23-19(24)20(8-9-20)16-11-22-17-7-6-14(21)10-15(16)17/h3-7,10-11,22H,8-9H2,1-2H3,(H,23,24). The van der Waals surface area contributed by atoms with E-state index in [1.165, 1.54) is 12.1 Å². The average Bonchev–Trinajstić information content (AvgIpc) is 3.25. The lowest BCUT2D eigenvalue weighted by atomic mass is 9.94. The maximum Gasteiger partial charge on any atom is 0.235 e. The van der Waals surface area contributed by atoms with Crippen molar-refractivity contribution in [1.29, 1.82) is 0 Å². The summed E-state index contributed by atoms with van der Waals surface area (Å²) in [5.74, 6) is -0.292.